The molecular weight excluding hydrogens is 408 g/mol. The maximum atomic E-state index is 13.3. The summed E-state index contributed by atoms with van der Waals surface area (Å²) in [6.07, 6.45) is 7.82. The average Bonchev–Trinajstić information content (AvgIpc) is 2.76. The lowest BCUT2D eigenvalue weighted by Crippen LogP contribution is -2.65. The molecule has 1 aromatic rings. The van der Waals surface area contributed by atoms with Gasteiger partial charge in [-0.2, -0.15) is 4.31 Å². The van der Waals surface area contributed by atoms with Crippen LogP contribution < -0.4 is 10.6 Å². The number of piperidine rings is 1. The Hall–Kier alpha value is -1.44. The van der Waals surface area contributed by atoms with Crippen molar-refractivity contribution in [2.24, 2.45) is 4.99 Å². The third-order valence-electron chi connectivity index (χ3n) is 7.18. The van der Waals surface area contributed by atoms with E-state index in [2.05, 4.69) is 31.4 Å². The number of aliphatic imine (C=N–C) groups is 1. The van der Waals surface area contributed by atoms with Crippen LogP contribution in [-0.2, 0) is 15.4 Å². The van der Waals surface area contributed by atoms with Gasteiger partial charge >= 0.3 is 0 Å². The lowest BCUT2D eigenvalue weighted by atomic mass is 9.84. The Balaban J connectivity index is 1.45. The molecule has 2 N–H and O–H groups in total. The van der Waals surface area contributed by atoms with Crippen LogP contribution in [0, 0.1) is 0 Å². The van der Waals surface area contributed by atoms with Crippen molar-refractivity contribution in [2.75, 3.05) is 26.2 Å². The average molecular weight is 447 g/mol. The summed E-state index contributed by atoms with van der Waals surface area (Å²) in [7, 11) is -3.48. The minimum absolute atomic E-state index is 0.00746. The van der Waals surface area contributed by atoms with Crippen LogP contribution in [-0.4, -0.2) is 56.3 Å². The number of hydrogen-bond donors (Lipinski definition) is 2. The predicted molar refractivity (Wildman–Crippen MR) is 126 cm³/mol. The number of amidine groups is 1. The molecule has 2 heterocycles. The first-order chi connectivity index (χ1) is 14.7. The van der Waals surface area contributed by atoms with E-state index in [1.165, 1.54) is 32.1 Å². The molecule has 0 unspecified atom stereocenters. The number of hydrogen-bond acceptors (Lipinski definition) is 5. The van der Waals surface area contributed by atoms with Crippen LogP contribution in [0.3, 0.4) is 0 Å². The third-order valence-corrected chi connectivity index (χ3v) is 9.09. The van der Waals surface area contributed by atoms with Crippen LogP contribution in [0.2, 0.25) is 0 Å². The van der Waals surface area contributed by atoms with E-state index in [0.717, 1.165) is 37.3 Å². The Morgan fingerprint density at radius 2 is 1.71 bits per heavy atom. The minimum Gasteiger partial charge on any atom is -0.370 e. The molecule has 0 aromatic heterocycles. The molecule has 0 atom stereocenters. The second-order valence-electron chi connectivity index (χ2n) is 10.4. The van der Waals surface area contributed by atoms with Gasteiger partial charge in [0.15, 0.2) is 0 Å². The van der Waals surface area contributed by atoms with E-state index in [1.54, 1.807) is 16.4 Å². The highest BCUT2D eigenvalue weighted by Gasteiger charge is 2.43. The highest BCUT2D eigenvalue weighted by atomic mass is 32.2. The topological polar surface area (TPSA) is 73.8 Å². The van der Waals surface area contributed by atoms with Crippen molar-refractivity contribution in [1.29, 1.82) is 0 Å². The Labute approximate surface area is 187 Å². The van der Waals surface area contributed by atoms with E-state index >= 15 is 0 Å². The fourth-order valence-electron chi connectivity index (χ4n) is 5.12. The van der Waals surface area contributed by atoms with Crippen molar-refractivity contribution < 1.29 is 8.42 Å². The molecule has 1 aromatic carbocycles. The summed E-state index contributed by atoms with van der Waals surface area (Å²) in [5.74, 6) is 1.07. The van der Waals surface area contributed by atoms with Gasteiger partial charge < -0.3 is 10.6 Å². The van der Waals surface area contributed by atoms with Gasteiger partial charge in [0.05, 0.1) is 17.0 Å². The Morgan fingerprint density at radius 1 is 1.06 bits per heavy atom. The summed E-state index contributed by atoms with van der Waals surface area (Å²) in [6.45, 7) is 9.09. The van der Waals surface area contributed by atoms with Crippen LogP contribution >= 0.6 is 0 Å². The van der Waals surface area contributed by atoms with Crippen LogP contribution in [0.4, 0.5) is 0 Å². The molecule has 6 nitrogen and oxygen atoms in total. The summed E-state index contributed by atoms with van der Waals surface area (Å²) >= 11 is 0. The quantitative estimate of drug-likeness (QED) is 0.746. The number of nitrogens with zero attached hydrogens (tertiary/aromatic N) is 2. The summed E-state index contributed by atoms with van der Waals surface area (Å²) in [5.41, 5.74) is 0.941. The van der Waals surface area contributed by atoms with Gasteiger partial charge in [0.1, 0.15) is 5.84 Å². The van der Waals surface area contributed by atoms with E-state index in [1.807, 2.05) is 12.1 Å². The fraction of sp³-hybridized carbons (Fsp3) is 0.708. The molecule has 1 saturated carbocycles. The molecule has 2 aliphatic heterocycles. The van der Waals surface area contributed by atoms with Gasteiger partial charge in [-0.25, -0.2) is 8.42 Å². The highest BCUT2D eigenvalue weighted by Crippen LogP contribution is 2.31. The maximum Gasteiger partial charge on any atom is 0.243 e. The summed E-state index contributed by atoms with van der Waals surface area (Å²) in [5, 5.41) is 7.44. The van der Waals surface area contributed by atoms with E-state index in [0.29, 0.717) is 24.0 Å². The number of benzene rings is 1. The third kappa shape index (κ3) is 4.83. The van der Waals surface area contributed by atoms with Crippen LogP contribution in [0.5, 0.6) is 0 Å². The van der Waals surface area contributed by atoms with Crippen molar-refractivity contribution in [3.8, 4) is 0 Å². The lowest BCUT2D eigenvalue weighted by Gasteiger charge is -2.45. The highest BCUT2D eigenvalue weighted by molar-refractivity contribution is 7.89. The molecule has 0 bridgehead atoms. The Bertz CT molecular complexity index is 889. The number of nitrogens with one attached hydrogen (secondary N) is 2. The SMILES string of the molecule is CC(C)(C)c1ccc(S(=O)(=O)N2CCC3(CC2)NCCN=C3NC2CCCCC2)cc1. The first kappa shape index (κ1) is 22.7. The van der Waals surface area contributed by atoms with Gasteiger partial charge in [0, 0.05) is 25.7 Å². The van der Waals surface area contributed by atoms with Crippen LogP contribution in [0.25, 0.3) is 0 Å². The normalized spacial score (nSPS) is 23.5. The number of rotatable bonds is 3. The van der Waals surface area contributed by atoms with Crippen molar-refractivity contribution in [3.63, 3.8) is 0 Å². The molecule has 31 heavy (non-hydrogen) atoms. The van der Waals surface area contributed by atoms with E-state index in [4.69, 9.17) is 4.99 Å². The molecule has 2 fully saturated rings. The zero-order chi connectivity index (χ0) is 22.1. The zero-order valence-electron chi connectivity index (χ0n) is 19.3. The molecular formula is C24H38N4O2S. The molecule has 0 radical (unpaired) electrons. The summed E-state index contributed by atoms with van der Waals surface area (Å²) < 4.78 is 28.2. The van der Waals surface area contributed by atoms with Gasteiger partial charge in [0.25, 0.3) is 0 Å². The van der Waals surface area contributed by atoms with Crippen molar-refractivity contribution in [3.05, 3.63) is 29.8 Å². The van der Waals surface area contributed by atoms with Gasteiger partial charge in [-0.15, -0.1) is 0 Å². The number of sulfonamides is 1. The standard InChI is InChI=1S/C24H38N4O2S/c1-23(2,3)19-9-11-21(12-10-19)31(29,30)28-17-13-24(14-18-28)22(25-15-16-26-24)27-20-7-5-4-6-8-20/h9-12,20,26H,4-8,13-18H2,1-3H3,(H,25,27). The summed E-state index contributed by atoms with van der Waals surface area (Å²) in [6, 6.07) is 7.92. The van der Waals surface area contributed by atoms with Crippen molar-refractivity contribution in [2.45, 2.75) is 87.6 Å². The van der Waals surface area contributed by atoms with Gasteiger partial charge in [-0.1, -0.05) is 52.2 Å². The molecule has 1 saturated heterocycles. The summed E-state index contributed by atoms with van der Waals surface area (Å²) in [4.78, 5) is 5.24. The first-order valence-electron chi connectivity index (χ1n) is 11.9. The monoisotopic (exact) mass is 446 g/mol. The maximum absolute atomic E-state index is 13.3. The Morgan fingerprint density at radius 3 is 2.32 bits per heavy atom. The molecule has 172 valence electrons. The molecule has 3 aliphatic rings. The smallest absolute Gasteiger partial charge is 0.243 e. The first-order valence-corrected chi connectivity index (χ1v) is 13.3. The lowest BCUT2D eigenvalue weighted by molar-refractivity contribution is 0.238. The molecule has 1 spiro atoms. The minimum atomic E-state index is -3.48. The second kappa shape index (κ2) is 8.83. The van der Waals surface area contributed by atoms with Crippen molar-refractivity contribution in [1.82, 2.24) is 14.9 Å². The van der Waals surface area contributed by atoms with E-state index in [-0.39, 0.29) is 11.0 Å². The van der Waals surface area contributed by atoms with Gasteiger partial charge in [-0.05, 0) is 48.8 Å². The van der Waals surface area contributed by atoms with E-state index in [9.17, 15) is 8.42 Å². The molecule has 0 amide bonds. The van der Waals surface area contributed by atoms with Crippen molar-refractivity contribution >= 4 is 15.9 Å². The van der Waals surface area contributed by atoms with Crippen LogP contribution in [0.1, 0.15) is 71.3 Å². The van der Waals surface area contributed by atoms with Gasteiger partial charge in [0.2, 0.25) is 10.0 Å². The Kier molecular flexibility index (Phi) is 6.48. The molecule has 4 rings (SSSR count). The van der Waals surface area contributed by atoms with Gasteiger partial charge in [-0.3, -0.25) is 4.99 Å². The fourth-order valence-corrected chi connectivity index (χ4v) is 6.56. The molecule has 7 heteroatoms. The second-order valence-corrected chi connectivity index (χ2v) is 12.3. The molecule has 1 aliphatic carbocycles. The largest absolute Gasteiger partial charge is 0.370 e. The predicted octanol–water partition coefficient (Wildman–Crippen LogP) is 3.43. The zero-order valence-corrected chi connectivity index (χ0v) is 20.1. The van der Waals surface area contributed by atoms with Crippen LogP contribution in [0.15, 0.2) is 34.2 Å². The van der Waals surface area contributed by atoms with E-state index < -0.39 is 10.0 Å².